The molecule has 21 heavy (non-hydrogen) atoms. The Morgan fingerprint density at radius 3 is 2.81 bits per heavy atom. The molecule has 0 saturated carbocycles. The molecule has 0 bridgehead atoms. The highest BCUT2D eigenvalue weighted by Crippen LogP contribution is 2.13. The summed E-state index contributed by atoms with van der Waals surface area (Å²) in [6, 6.07) is 6.35. The number of benzene rings is 1. The third-order valence-corrected chi connectivity index (χ3v) is 2.93. The van der Waals surface area contributed by atoms with Crippen molar-refractivity contribution in [1.29, 1.82) is 0 Å². The molecule has 0 saturated heterocycles. The fourth-order valence-electron chi connectivity index (χ4n) is 1.72. The number of carbonyl (C=O) groups is 2. The van der Waals surface area contributed by atoms with Crippen LogP contribution in [-0.2, 0) is 4.79 Å². The summed E-state index contributed by atoms with van der Waals surface area (Å²) in [4.78, 5) is 22.3. The number of carbonyl (C=O) groups excluding carboxylic acids is 1. The van der Waals surface area contributed by atoms with E-state index in [-0.39, 0.29) is 12.0 Å². The quantitative estimate of drug-likeness (QED) is 0.599. The van der Waals surface area contributed by atoms with Gasteiger partial charge in [0.2, 0.25) is 0 Å². The maximum atomic E-state index is 11.9. The first kappa shape index (κ1) is 17.0. The molecular weight excluding hydrogens is 274 g/mol. The molecule has 1 unspecified atom stereocenters. The van der Waals surface area contributed by atoms with Gasteiger partial charge in [-0.15, -0.1) is 0 Å². The third-order valence-electron chi connectivity index (χ3n) is 2.93. The first-order valence-corrected chi connectivity index (χ1v) is 6.93. The third kappa shape index (κ3) is 6.76. The Morgan fingerprint density at radius 2 is 2.14 bits per heavy atom. The van der Waals surface area contributed by atoms with Gasteiger partial charge in [0.15, 0.2) is 6.61 Å². The number of rotatable bonds is 9. The van der Waals surface area contributed by atoms with Crippen LogP contribution in [0.2, 0.25) is 0 Å². The molecule has 1 aromatic rings. The number of amides is 1. The number of carboxylic acids is 1. The summed E-state index contributed by atoms with van der Waals surface area (Å²) in [5, 5.41) is 20.7. The highest BCUT2D eigenvalue weighted by atomic mass is 16.5. The lowest BCUT2D eigenvalue weighted by atomic mass is 10.1. The van der Waals surface area contributed by atoms with Gasteiger partial charge in [0, 0.05) is 12.1 Å². The number of carboxylic acid groups (broad SMARTS) is 1. The molecule has 6 nitrogen and oxygen atoms in total. The zero-order valence-electron chi connectivity index (χ0n) is 12.0. The van der Waals surface area contributed by atoms with Crippen LogP contribution in [0.3, 0.4) is 0 Å². The molecule has 0 radical (unpaired) electrons. The van der Waals surface area contributed by atoms with Crippen LogP contribution in [0.4, 0.5) is 0 Å². The molecule has 0 heterocycles. The van der Waals surface area contributed by atoms with Crippen molar-refractivity contribution in [3.8, 4) is 5.75 Å². The molecule has 0 fully saturated rings. The smallest absolute Gasteiger partial charge is 0.341 e. The second-order valence-corrected chi connectivity index (χ2v) is 4.67. The van der Waals surface area contributed by atoms with Crippen molar-refractivity contribution in [3.63, 3.8) is 0 Å². The van der Waals surface area contributed by atoms with Gasteiger partial charge in [-0.3, -0.25) is 4.79 Å². The van der Waals surface area contributed by atoms with E-state index < -0.39 is 12.6 Å². The monoisotopic (exact) mass is 295 g/mol. The molecular formula is C15H21NO5. The standard InChI is InChI=1S/C15H21NO5/c1-2-12(17)6-4-8-16-15(20)11-5-3-7-13(9-11)21-10-14(18)19/h3,5,7,9,12,17H,2,4,6,8,10H2,1H3,(H,16,20)(H,18,19). The zero-order valence-corrected chi connectivity index (χ0v) is 12.0. The Labute approximate surface area is 123 Å². The van der Waals surface area contributed by atoms with Crippen LogP contribution in [0, 0.1) is 0 Å². The van der Waals surface area contributed by atoms with Gasteiger partial charge >= 0.3 is 5.97 Å². The van der Waals surface area contributed by atoms with E-state index in [0.717, 1.165) is 0 Å². The van der Waals surface area contributed by atoms with E-state index >= 15 is 0 Å². The average molecular weight is 295 g/mol. The van der Waals surface area contributed by atoms with E-state index in [1.165, 1.54) is 6.07 Å². The predicted octanol–water partition coefficient (Wildman–Crippen LogP) is 1.43. The Morgan fingerprint density at radius 1 is 1.38 bits per heavy atom. The molecule has 116 valence electrons. The lowest BCUT2D eigenvalue weighted by molar-refractivity contribution is -0.139. The highest BCUT2D eigenvalue weighted by molar-refractivity contribution is 5.94. The molecule has 0 aliphatic rings. The molecule has 0 spiro atoms. The van der Waals surface area contributed by atoms with Crippen molar-refractivity contribution < 1.29 is 24.5 Å². The van der Waals surface area contributed by atoms with Crippen LogP contribution >= 0.6 is 0 Å². The highest BCUT2D eigenvalue weighted by Gasteiger charge is 2.07. The van der Waals surface area contributed by atoms with Crippen molar-refractivity contribution in [1.82, 2.24) is 5.32 Å². The van der Waals surface area contributed by atoms with Crippen LogP contribution in [0.25, 0.3) is 0 Å². The molecule has 1 rings (SSSR count). The van der Waals surface area contributed by atoms with Gasteiger partial charge in [-0.2, -0.15) is 0 Å². The van der Waals surface area contributed by atoms with Crippen LogP contribution < -0.4 is 10.1 Å². The number of aliphatic hydroxyl groups is 1. The molecule has 1 aromatic carbocycles. The summed E-state index contributed by atoms with van der Waals surface area (Å²) >= 11 is 0. The van der Waals surface area contributed by atoms with Gasteiger partial charge < -0.3 is 20.3 Å². The van der Waals surface area contributed by atoms with E-state index in [1.54, 1.807) is 18.2 Å². The number of aliphatic carboxylic acids is 1. The summed E-state index contributed by atoms with van der Waals surface area (Å²) < 4.78 is 5.02. The maximum absolute atomic E-state index is 11.9. The maximum Gasteiger partial charge on any atom is 0.341 e. The second-order valence-electron chi connectivity index (χ2n) is 4.67. The second kappa shape index (κ2) is 8.97. The van der Waals surface area contributed by atoms with E-state index in [9.17, 15) is 14.7 Å². The van der Waals surface area contributed by atoms with Crippen LogP contribution in [0.15, 0.2) is 24.3 Å². The summed E-state index contributed by atoms with van der Waals surface area (Å²) in [6.45, 7) is 1.95. The summed E-state index contributed by atoms with van der Waals surface area (Å²) in [5.41, 5.74) is 0.411. The van der Waals surface area contributed by atoms with E-state index in [4.69, 9.17) is 9.84 Å². The zero-order chi connectivity index (χ0) is 15.7. The van der Waals surface area contributed by atoms with Gasteiger partial charge in [0.25, 0.3) is 5.91 Å². The van der Waals surface area contributed by atoms with Gasteiger partial charge in [-0.1, -0.05) is 13.0 Å². The average Bonchev–Trinajstić information content (AvgIpc) is 2.49. The molecule has 1 atom stereocenters. The van der Waals surface area contributed by atoms with Crippen molar-refractivity contribution >= 4 is 11.9 Å². The minimum Gasteiger partial charge on any atom is -0.482 e. The minimum absolute atomic E-state index is 0.248. The van der Waals surface area contributed by atoms with E-state index in [1.807, 2.05) is 6.92 Å². The number of hydrogen-bond acceptors (Lipinski definition) is 4. The minimum atomic E-state index is -1.07. The van der Waals surface area contributed by atoms with Crippen molar-refractivity contribution in [2.24, 2.45) is 0 Å². The van der Waals surface area contributed by atoms with Gasteiger partial charge in [0.05, 0.1) is 6.10 Å². The molecule has 3 N–H and O–H groups in total. The van der Waals surface area contributed by atoms with Gasteiger partial charge in [-0.25, -0.2) is 4.79 Å². The summed E-state index contributed by atoms with van der Waals surface area (Å²) in [5.74, 6) is -0.979. The molecule has 0 aliphatic carbocycles. The number of nitrogens with one attached hydrogen (secondary N) is 1. The molecule has 6 heteroatoms. The van der Waals surface area contributed by atoms with Gasteiger partial charge in [0.1, 0.15) is 5.75 Å². The molecule has 1 amide bonds. The summed E-state index contributed by atoms with van der Waals surface area (Å²) in [6.07, 6.45) is 1.74. The Balaban J connectivity index is 2.43. The first-order valence-electron chi connectivity index (χ1n) is 6.93. The fourth-order valence-corrected chi connectivity index (χ4v) is 1.72. The van der Waals surface area contributed by atoms with Crippen molar-refractivity contribution in [2.45, 2.75) is 32.3 Å². The topological polar surface area (TPSA) is 95.9 Å². The number of aliphatic hydroxyl groups excluding tert-OH is 1. The molecule has 0 aromatic heterocycles. The Bertz CT molecular complexity index is 475. The predicted molar refractivity (Wildman–Crippen MR) is 77.4 cm³/mol. The van der Waals surface area contributed by atoms with E-state index in [0.29, 0.717) is 37.1 Å². The normalized spacial score (nSPS) is 11.7. The van der Waals surface area contributed by atoms with Crippen LogP contribution in [0.5, 0.6) is 5.75 Å². The van der Waals surface area contributed by atoms with Crippen molar-refractivity contribution in [2.75, 3.05) is 13.2 Å². The van der Waals surface area contributed by atoms with Crippen molar-refractivity contribution in [3.05, 3.63) is 29.8 Å². The lowest BCUT2D eigenvalue weighted by Crippen LogP contribution is -2.25. The van der Waals surface area contributed by atoms with Crippen LogP contribution in [0.1, 0.15) is 36.5 Å². The summed E-state index contributed by atoms with van der Waals surface area (Å²) in [7, 11) is 0. The lowest BCUT2D eigenvalue weighted by Gasteiger charge is -2.09. The van der Waals surface area contributed by atoms with Gasteiger partial charge in [-0.05, 0) is 37.5 Å². The number of ether oxygens (including phenoxy) is 1. The fraction of sp³-hybridized carbons (Fsp3) is 0.467. The Kier molecular flexibility index (Phi) is 7.25. The first-order chi connectivity index (χ1) is 10.0. The number of hydrogen-bond donors (Lipinski definition) is 3. The van der Waals surface area contributed by atoms with Crippen LogP contribution in [-0.4, -0.2) is 41.3 Å². The SMILES string of the molecule is CCC(O)CCCNC(=O)c1cccc(OCC(=O)O)c1. The largest absolute Gasteiger partial charge is 0.482 e. The van der Waals surface area contributed by atoms with E-state index in [2.05, 4.69) is 5.32 Å². The molecule has 0 aliphatic heterocycles. The Hall–Kier alpha value is -2.08.